The first kappa shape index (κ1) is 10.1. The van der Waals surface area contributed by atoms with E-state index in [0.717, 1.165) is 5.06 Å². The van der Waals surface area contributed by atoms with E-state index in [1.807, 2.05) is 0 Å². The zero-order chi connectivity index (χ0) is 8.69. The number of hydrogen-bond acceptors (Lipinski definition) is 3. The lowest BCUT2D eigenvalue weighted by atomic mass is 10.4. The number of hydroxylamine groups is 2. The zero-order valence-electron chi connectivity index (χ0n) is 6.78. The molecule has 0 aromatic heterocycles. The van der Waals surface area contributed by atoms with Crippen LogP contribution < -0.4 is 0 Å². The molecule has 0 saturated carbocycles. The van der Waals surface area contributed by atoms with Crippen molar-refractivity contribution < 1.29 is 14.7 Å². The molecule has 0 bridgehead atoms. The van der Waals surface area contributed by atoms with E-state index in [4.69, 9.17) is 5.11 Å². The minimum Gasteiger partial charge on any atom is -0.396 e. The molecular formula is C7H13NO3. The van der Waals surface area contributed by atoms with Crippen molar-refractivity contribution >= 4 is 5.91 Å². The molecule has 4 heteroatoms. The van der Waals surface area contributed by atoms with E-state index in [-0.39, 0.29) is 12.5 Å². The molecule has 11 heavy (non-hydrogen) atoms. The number of carbonyl (C=O) groups excluding carboxylic acids is 1. The Hall–Kier alpha value is -0.870. The summed E-state index contributed by atoms with van der Waals surface area (Å²) in [7, 11) is 2.93. The normalized spacial score (nSPS) is 10.5. The van der Waals surface area contributed by atoms with Crippen LogP contribution in [0.2, 0.25) is 0 Å². The Morgan fingerprint density at radius 3 is 2.82 bits per heavy atom. The van der Waals surface area contributed by atoms with Crippen molar-refractivity contribution in [1.82, 2.24) is 5.06 Å². The van der Waals surface area contributed by atoms with E-state index in [1.54, 1.807) is 6.08 Å². The fourth-order valence-electron chi connectivity index (χ4n) is 0.454. The maximum absolute atomic E-state index is 10.9. The molecule has 0 aliphatic heterocycles. The summed E-state index contributed by atoms with van der Waals surface area (Å²) < 4.78 is 0. The van der Waals surface area contributed by atoms with Crippen LogP contribution in [-0.4, -0.2) is 36.8 Å². The largest absolute Gasteiger partial charge is 0.396 e. The summed E-state index contributed by atoms with van der Waals surface area (Å²) in [6.45, 7) is 0.0560. The van der Waals surface area contributed by atoms with E-state index in [0.29, 0.717) is 6.42 Å². The summed E-state index contributed by atoms with van der Waals surface area (Å²) in [5, 5.41) is 9.47. The Morgan fingerprint density at radius 2 is 2.36 bits per heavy atom. The highest BCUT2D eigenvalue weighted by Crippen LogP contribution is 1.87. The molecule has 0 aromatic rings. The first-order valence-electron chi connectivity index (χ1n) is 3.31. The van der Waals surface area contributed by atoms with Crippen LogP contribution >= 0.6 is 0 Å². The zero-order valence-corrected chi connectivity index (χ0v) is 6.78. The maximum Gasteiger partial charge on any atom is 0.269 e. The molecule has 0 radical (unpaired) electrons. The lowest BCUT2D eigenvalue weighted by molar-refractivity contribution is -0.162. The molecule has 64 valence electrons. The summed E-state index contributed by atoms with van der Waals surface area (Å²) in [6.07, 6.45) is 3.45. The van der Waals surface area contributed by atoms with Gasteiger partial charge in [0.2, 0.25) is 0 Å². The van der Waals surface area contributed by atoms with Crippen LogP contribution in [0.4, 0.5) is 0 Å². The predicted octanol–water partition coefficient (Wildman–Crippen LogP) is -0.0552. The second kappa shape index (κ2) is 5.88. The van der Waals surface area contributed by atoms with Crippen molar-refractivity contribution in [1.29, 1.82) is 0 Å². The van der Waals surface area contributed by atoms with Crippen LogP contribution in [0.3, 0.4) is 0 Å². The van der Waals surface area contributed by atoms with Crippen molar-refractivity contribution in [3.05, 3.63) is 12.2 Å². The van der Waals surface area contributed by atoms with Crippen molar-refractivity contribution in [2.75, 3.05) is 20.8 Å². The third-order valence-electron chi connectivity index (χ3n) is 1.14. The van der Waals surface area contributed by atoms with Gasteiger partial charge in [0.05, 0.1) is 7.11 Å². The molecule has 0 aromatic carbocycles. The predicted molar refractivity (Wildman–Crippen MR) is 40.6 cm³/mol. The Labute approximate surface area is 66.0 Å². The number of hydrogen-bond donors (Lipinski definition) is 1. The standard InChI is InChI=1S/C7H13NO3/c1-8(11-2)7(10)5-3-4-6-9/h3,5,9H,4,6H2,1-2H3/b5-3+. The lowest BCUT2D eigenvalue weighted by Gasteiger charge is -2.09. The minimum absolute atomic E-state index is 0.0560. The van der Waals surface area contributed by atoms with Crippen LogP contribution in [0.25, 0.3) is 0 Å². The number of likely N-dealkylation sites (N-methyl/N-ethyl adjacent to an activating group) is 1. The second-order valence-corrected chi connectivity index (χ2v) is 1.93. The Balaban J connectivity index is 3.67. The third kappa shape index (κ3) is 4.52. The molecule has 0 atom stereocenters. The second-order valence-electron chi connectivity index (χ2n) is 1.93. The highest BCUT2D eigenvalue weighted by atomic mass is 16.7. The van der Waals surface area contributed by atoms with Gasteiger partial charge in [0, 0.05) is 19.7 Å². The van der Waals surface area contributed by atoms with Gasteiger partial charge in [0.15, 0.2) is 0 Å². The van der Waals surface area contributed by atoms with Gasteiger partial charge in [-0.15, -0.1) is 0 Å². The molecule has 4 nitrogen and oxygen atoms in total. The van der Waals surface area contributed by atoms with Gasteiger partial charge < -0.3 is 5.11 Å². The van der Waals surface area contributed by atoms with Crippen molar-refractivity contribution in [3.8, 4) is 0 Å². The molecule has 0 aliphatic carbocycles. The first-order valence-corrected chi connectivity index (χ1v) is 3.31. The quantitative estimate of drug-likeness (QED) is 0.462. The molecule has 0 aliphatic rings. The fraction of sp³-hybridized carbons (Fsp3) is 0.571. The summed E-state index contributed by atoms with van der Waals surface area (Å²) in [4.78, 5) is 15.5. The van der Waals surface area contributed by atoms with E-state index in [2.05, 4.69) is 4.84 Å². The Bertz CT molecular complexity index is 145. The monoisotopic (exact) mass is 159 g/mol. The van der Waals surface area contributed by atoms with Gasteiger partial charge in [0.25, 0.3) is 5.91 Å². The Kier molecular flexibility index (Phi) is 5.42. The van der Waals surface area contributed by atoms with Gasteiger partial charge in [0.1, 0.15) is 0 Å². The van der Waals surface area contributed by atoms with Crippen LogP contribution in [0.1, 0.15) is 6.42 Å². The number of rotatable bonds is 4. The lowest BCUT2D eigenvalue weighted by Crippen LogP contribution is -2.23. The number of aliphatic hydroxyl groups is 1. The SMILES string of the molecule is CON(C)C(=O)/C=C/CCO. The molecule has 0 unspecified atom stereocenters. The highest BCUT2D eigenvalue weighted by Gasteiger charge is 2.00. The molecule has 1 N–H and O–H groups in total. The van der Waals surface area contributed by atoms with Crippen LogP contribution in [0.5, 0.6) is 0 Å². The molecular weight excluding hydrogens is 146 g/mol. The average molecular weight is 159 g/mol. The summed E-state index contributed by atoms with van der Waals surface area (Å²) in [5.41, 5.74) is 0. The van der Waals surface area contributed by atoms with Crippen molar-refractivity contribution in [2.24, 2.45) is 0 Å². The molecule has 0 saturated heterocycles. The first-order chi connectivity index (χ1) is 5.22. The Morgan fingerprint density at radius 1 is 1.73 bits per heavy atom. The number of amides is 1. The van der Waals surface area contributed by atoms with E-state index in [1.165, 1.54) is 20.2 Å². The van der Waals surface area contributed by atoms with E-state index >= 15 is 0 Å². The van der Waals surface area contributed by atoms with Crippen LogP contribution in [0, 0.1) is 0 Å². The smallest absolute Gasteiger partial charge is 0.269 e. The molecule has 0 rings (SSSR count). The van der Waals surface area contributed by atoms with Crippen LogP contribution in [-0.2, 0) is 9.63 Å². The molecule has 0 spiro atoms. The fourth-order valence-corrected chi connectivity index (χ4v) is 0.454. The average Bonchev–Trinajstić information content (AvgIpc) is 2.03. The van der Waals surface area contributed by atoms with E-state index < -0.39 is 0 Å². The van der Waals surface area contributed by atoms with Gasteiger partial charge in [-0.1, -0.05) is 6.08 Å². The van der Waals surface area contributed by atoms with E-state index in [9.17, 15) is 4.79 Å². The summed E-state index contributed by atoms with van der Waals surface area (Å²) >= 11 is 0. The van der Waals surface area contributed by atoms with Crippen molar-refractivity contribution in [2.45, 2.75) is 6.42 Å². The van der Waals surface area contributed by atoms with Gasteiger partial charge in [-0.25, -0.2) is 5.06 Å². The van der Waals surface area contributed by atoms with Gasteiger partial charge in [-0.2, -0.15) is 0 Å². The number of aliphatic hydroxyl groups excluding tert-OH is 1. The van der Waals surface area contributed by atoms with Crippen LogP contribution in [0.15, 0.2) is 12.2 Å². The van der Waals surface area contributed by atoms with Crippen molar-refractivity contribution in [3.63, 3.8) is 0 Å². The third-order valence-corrected chi connectivity index (χ3v) is 1.14. The van der Waals surface area contributed by atoms with Gasteiger partial charge in [-0.05, 0) is 6.42 Å². The molecule has 0 fully saturated rings. The minimum atomic E-state index is -0.235. The summed E-state index contributed by atoms with van der Waals surface area (Å²) in [5.74, 6) is -0.235. The number of nitrogens with zero attached hydrogens (tertiary/aromatic N) is 1. The topological polar surface area (TPSA) is 49.8 Å². The van der Waals surface area contributed by atoms with Gasteiger partial charge in [-0.3, -0.25) is 9.63 Å². The highest BCUT2D eigenvalue weighted by molar-refractivity contribution is 5.86. The number of carbonyl (C=O) groups is 1. The molecule has 1 amide bonds. The maximum atomic E-state index is 10.9. The summed E-state index contributed by atoms with van der Waals surface area (Å²) in [6, 6.07) is 0. The molecule has 0 heterocycles. The van der Waals surface area contributed by atoms with Gasteiger partial charge >= 0.3 is 0 Å².